The van der Waals surface area contributed by atoms with Gasteiger partial charge in [0.2, 0.25) is 5.91 Å². The lowest BCUT2D eigenvalue weighted by Gasteiger charge is -2.44. The van der Waals surface area contributed by atoms with E-state index < -0.39 is 41.9 Å². The highest BCUT2D eigenvalue weighted by Gasteiger charge is 2.48. The van der Waals surface area contributed by atoms with Gasteiger partial charge in [-0.25, -0.2) is 0 Å². The summed E-state index contributed by atoms with van der Waals surface area (Å²) >= 11 is 1.38. The number of carbonyl (C=O) groups is 1. The number of allylic oxidation sites excluding steroid dienone is 1. The second-order valence-corrected chi connectivity index (χ2v) is 11.6. The molecule has 5 N–H and O–H groups in total. The first-order valence-corrected chi connectivity index (χ1v) is 13.5. The molecule has 0 aromatic rings. The van der Waals surface area contributed by atoms with Crippen LogP contribution in [0.5, 0.6) is 0 Å². The van der Waals surface area contributed by atoms with Gasteiger partial charge in [0.15, 0.2) is 0 Å². The minimum Gasteiger partial charge on any atom is -0.388 e. The van der Waals surface area contributed by atoms with Crippen molar-refractivity contribution in [2.24, 2.45) is 17.8 Å². The van der Waals surface area contributed by atoms with Crippen LogP contribution < -0.4 is 10.6 Å². The van der Waals surface area contributed by atoms with E-state index in [1.54, 1.807) is 0 Å². The number of rotatable bonds is 4. The minimum atomic E-state index is -1.32. The fourth-order valence-corrected chi connectivity index (χ4v) is 6.82. The van der Waals surface area contributed by atoms with Gasteiger partial charge in [0.1, 0.15) is 35.9 Å². The number of aliphatic hydroxyl groups excluding tert-OH is 3. The molecule has 3 fully saturated rings. The number of carbonyl (C=O) groups excluding carboxylic acids is 1. The Bertz CT molecular complexity index is 694. The number of amides is 1. The largest absolute Gasteiger partial charge is 0.388 e. The molecule has 33 heavy (non-hydrogen) atoms. The van der Waals surface area contributed by atoms with Crippen LogP contribution in [0.25, 0.3) is 0 Å². The van der Waals surface area contributed by atoms with Crippen molar-refractivity contribution < 1.29 is 29.6 Å². The predicted molar refractivity (Wildman–Crippen MR) is 127 cm³/mol. The molecule has 2 bridgehead atoms. The molecule has 1 amide bonds. The van der Waals surface area contributed by atoms with Crippen LogP contribution in [0, 0.1) is 17.8 Å². The Morgan fingerprint density at radius 1 is 1.15 bits per heavy atom. The lowest BCUT2D eigenvalue weighted by atomic mass is 9.85. The van der Waals surface area contributed by atoms with Crippen LogP contribution in [0.2, 0.25) is 0 Å². The molecule has 10 atom stereocenters. The second kappa shape index (κ2) is 11.4. The molecule has 0 aliphatic carbocycles. The molecule has 8 nitrogen and oxygen atoms in total. The number of thioether (sulfide) groups is 1. The summed E-state index contributed by atoms with van der Waals surface area (Å²) in [6.07, 6.45) is 3.92. The monoisotopic (exact) mass is 484 g/mol. The van der Waals surface area contributed by atoms with Crippen LogP contribution in [0.3, 0.4) is 0 Å². The number of aliphatic hydroxyl groups is 3. The zero-order valence-corrected chi connectivity index (χ0v) is 20.5. The summed E-state index contributed by atoms with van der Waals surface area (Å²) in [6.45, 7) is 5.94. The first-order chi connectivity index (χ1) is 15.8. The zero-order valence-electron chi connectivity index (χ0n) is 19.6. The SMILES string of the molecule is CC(C)C[C@@H]1CCO[C@@H]2[C@H](CN[C@@H]2C(=O)N[C@@H]2CC/C=C/CS[C@H]3O[C@H]2[C@H](O)[C@H](O)[C@H]3O)C1. The van der Waals surface area contributed by atoms with E-state index in [0.717, 1.165) is 25.8 Å². The molecule has 3 saturated heterocycles. The summed E-state index contributed by atoms with van der Waals surface area (Å²) < 4.78 is 12.2. The van der Waals surface area contributed by atoms with Crippen LogP contribution >= 0.6 is 11.8 Å². The molecule has 0 saturated carbocycles. The van der Waals surface area contributed by atoms with Crippen molar-refractivity contribution in [1.29, 1.82) is 0 Å². The van der Waals surface area contributed by atoms with E-state index in [4.69, 9.17) is 9.47 Å². The molecule has 4 rings (SSSR count). The molecule has 188 valence electrons. The fraction of sp³-hybridized carbons (Fsp3) is 0.875. The smallest absolute Gasteiger partial charge is 0.240 e. The summed E-state index contributed by atoms with van der Waals surface area (Å²) in [6, 6.07) is -0.930. The third-order valence-corrected chi connectivity index (χ3v) is 8.55. The molecular weight excluding hydrogens is 444 g/mol. The van der Waals surface area contributed by atoms with Gasteiger partial charge in [-0.15, -0.1) is 11.8 Å². The lowest BCUT2D eigenvalue weighted by Crippen LogP contribution is -2.64. The van der Waals surface area contributed by atoms with Crippen molar-refractivity contribution >= 4 is 17.7 Å². The van der Waals surface area contributed by atoms with Crippen molar-refractivity contribution in [2.75, 3.05) is 18.9 Å². The number of fused-ring (bicyclic) bond motifs is 3. The van der Waals surface area contributed by atoms with Crippen molar-refractivity contribution in [3.05, 3.63) is 12.2 Å². The summed E-state index contributed by atoms with van der Waals surface area (Å²) in [5.41, 5.74) is -0.660. The average Bonchev–Trinajstić information content (AvgIpc) is 3.06. The third-order valence-electron chi connectivity index (χ3n) is 7.45. The van der Waals surface area contributed by atoms with Crippen LogP contribution in [-0.4, -0.2) is 88.2 Å². The van der Waals surface area contributed by atoms with Gasteiger partial charge < -0.3 is 35.4 Å². The Labute approximate surface area is 200 Å². The van der Waals surface area contributed by atoms with Gasteiger partial charge in [-0.05, 0) is 49.9 Å². The van der Waals surface area contributed by atoms with E-state index in [0.29, 0.717) is 36.5 Å². The maximum Gasteiger partial charge on any atom is 0.240 e. The van der Waals surface area contributed by atoms with Gasteiger partial charge in [-0.2, -0.15) is 0 Å². The summed E-state index contributed by atoms with van der Waals surface area (Å²) in [5.74, 6) is 2.09. The number of hydrogen-bond acceptors (Lipinski definition) is 8. The van der Waals surface area contributed by atoms with Crippen LogP contribution in [0.4, 0.5) is 0 Å². The van der Waals surface area contributed by atoms with Crippen LogP contribution in [-0.2, 0) is 14.3 Å². The fourth-order valence-electron chi connectivity index (χ4n) is 5.82. The molecule has 0 aromatic carbocycles. The van der Waals surface area contributed by atoms with Gasteiger partial charge in [0, 0.05) is 18.9 Å². The maximum absolute atomic E-state index is 13.4. The minimum absolute atomic E-state index is 0.156. The Kier molecular flexibility index (Phi) is 8.76. The Morgan fingerprint density at radius 2 is 1.97 bits per heavy atom. The summed E-state index contributed by atoms with van der Waals surface area (Å²) in [5, 5.41) is 37.9. The van der Waals surface area contributed by atoms with Gasteiger partial charge in [0.25, 0.3) is 0 Å². The highest BCUT2D eigenvalue weighted by Crippen LogP contribution is 2.34. The van der Waals surface area contributed by atoms with Gasteiger partial charge in [0.05, 0.1) is 12.1 Å². The highest BCUT2D eigenvalue weighted by molar-refractivity contribution is 7.99. The van der Waals surface area contributed by atoms with E-state index >= 15 is 0 Å². The van der Waals surface area contributed by atoms with Crippen LogP contribution in [0.1, 0.15) is 46.0 Å². The molecule has 0 spiro atoms. The molecule has 0 radical (unpaired) electrons. The Hall–Kier alpha value is -0.680. The number of ether oxygens (including phenoxy) is 2. The average molecular weight is 485 g/mol. The quantitative estimate of drug-likeness (QED) is 0.372. The van der Waals surface area contributed by atoms with Crippen molar-refractivity contribution in [2.45, 2.75) is 94.0 Å². The topological polar surface area (TPSA) is 120 Å². The van der Waals surface area contributed by atoms with Gasteiger partial charge in [-0.3, -0.25) is 4.79 Å². The third kappa shape index (κ3) is 5.94. The zero-order chi connectivity index (χ0) is 23.5. The Morgan fingerprint density at radius 3 is 2.76 bits per heavy atom. The normalized spacial score (nSPS) is 45.2. The lowest BCUT2D eigenvalue weighted by molar-refractivity contribution is -0.205. The van der Waals surface area contributed by atoms with Crippen molar-refractivity contribution in [3.8, 4) is 0 Å². The standard InChI is InChI=1S/C24H40N2O6S/c1-13(2)10-14-7-8-31-21-15(11-14)12-25-17(21)23(30)26-16-6-4-3-5-9-33-24-20(29)18(27)19(28)22(16)32-24/h3,5,13-22,24-25,27-29H,4,6-12H2,1-2H3,(H,26,30)/b5-3+/t14-,15-,16+,17-,18-,19+,20+,21+,22+,24+/m0/s1. The molecule has 4 aliphatic rings. The second-order valence-electron chi connectivity index (χ2n) is 10.4. The van der Waals surface area contributed by atoms with E-state index in [1.165, 1.54) is 18.2 Å². The summed E-state index contributed by atoms with van der Waals surface area (Å²) in [4.78, 5) is 13.4. The molecule has 0 unspecified atom stereocenters. The molecular formula is C24H40N2O6S. The Balaban J connectivity index is 1.44. The number of nitrogens with one attached hydrogen (secondary N) is 2. The first-order valence-electron chi connectivity index (χ1n) is 12.5. The summed E-state index contributed by atoms with van der Waals surface area (Å²) in [7, 11) is 0. The highest BCUT2D eigenvalue weighted by atomic mass is 32.2. The van der Waals surface area contributed by atoms with E-state index in [-0.39, 0.29) is 12.0 Å². The molecule has 4 aliphatic heterocycles. The van der Waals surface area contributed by atoms with Crippen molar-refractivity contribution in [3.63, 3.8) is 0 Å². The van der Waals surface area contributed by atoms with E-state index in [9.17, 15) is 20.1 Å². The number of hydrogen-bond donors (Lipinski definition) is 5. The maximum atomic E-state index is 13.4. The molecule has 4 heterocycles. The van der Waals surface area contributed by atoms with E-state index in [2.05, 4.69) is 30.6 Å². The van der Waals surface area contributed by atoms with E-state index in [1.807, 2.05) is 6.08 Å². The van der Waals surface area contributed by atoms with Gasteiger partial charge in [-0.1, -0.05) is 26.0 Å². The first kappa shape index (κ1) is 25.4. The molecule has 0 aromatic heterocycles. The van der Waals surface area contributed by atoms with Gasteiger partial charge >= 0.3 is 0 Å². The van der Waals surface area contributed by atoms with Crippen molar-refractivity contribution in [1.82, 2.24) is 10.6 Å². The predicted octanol–water partition coefficient (Wildman–Crippen LogP) is 0.791. The molecule has 9 heteroatoms. The van der Waals surface area contributed by atoms with Crippen LogP contribution in [0.15, 0.2) is 12.2 Å².